The number of hydrogen-bond acceptors (Lipinski definition) is 4. The molecular formula is C27H33N3O. The first-order valence-corrected chi connectivity index (χ1v) is 11.2. The molecule has 0 bridgehead atoms. The second kappa shape index (κ2) is 10.9. The third kappa shape index (κ3) is 6.54. The molecule has 0 aliphatic heterocycles. The lowest BCUT2D eigenvalue weighted by atomic mass is 10.0. The van der Waals surface area contributed by atoms with E-state index in [1.165, 1.54) is 30.0 Å². The summed E-state index contributed by atoms with van der Waals surface area (Å²) >= 11 is 0. The van der Waals surface area contributed by atoms with Crippen molar-refractivity contribution in [1.82, 2.24) is 9.88 Å². The minimum atomic E-state index is 0.493. The molecule has 3 aromatic rings. The molecule has 4 heteroatoms. The highest BCUT2D eigenvalue weighted by molar-refractivity contribution is 5.91. The first-order chi connectivity index (χ1) is 15.0. The molecule has 0 unspecified atom stereocenters. The number of fused-ring (bicyclic) bond motifs is 1. The third-order valence-corrected chi connectivity index (χ3v) is 5.49. The second-order valence-corrected chi connectivity index (χ2v) is 9.01. The van der Waals surface area contributed by atoms with Crippen molar-refractivity contribution in [2.45, 2.75) is 47.1 Å². The Morgan fingerprint density at radius 1 is 0.903 bits per heavy atom. The molecule has 0 aliphatic carbocycles. The molecule has 1 heterocycles. The first kappa shape index (κ1) is 22.8. The van der Waals surface area contributed by atoms with E-state index in [-0.39, 0.29) is 0 Å². The molecule has 0 fully saturated rings. The fraction of sp³-hybridized carbons (Fsp3) is 0.407. The summed E-state index contributed by atoms with van der Waals surface area (Å²) in [5.41, 5.74) is 1.85. The third-order valence-electron chi connectivity index (χ3n) is 5.49. The van der Waals surface area contributed by atoms with Crippen molar-refractivity contribution in [3.63, 3.8) is 0 Å². The molecule has 2 aromatic carbocycles. The normalized spacial score (nSPS) is 11.4. The topological polar surface area (TPSA) is 49.1 Å². The summed E-state index contributed by atoms with van der Waals surface area (Å²) in [5.74, 6) is 2.68. The number of nitrogens with zero attached hydrogens (tertiary/aromatic N) is 3. The summed E-state index contributed by atoms with van der Waals surface area (Å²) in [6.45, 7) is 12.3. The van der Waals surface area contributed by atoms with E-state index >= 15 is 0 Å². The van der Waals surface area contributed by atoms with Crippen molar-refractivity contribution in [3.8, 4) is 17.7 Å². The summed E-state index contributed by atoms with van der Waals surface area (Å²) in [7, 11) is 0. The van der Waals surface area contributed by atoms with Crippen LogP contribution in [0.25, 0.3) is 10.8 Å². The molecule has 0 saturated carbocycles. The van der Waals surface area contributed by atoms with Gasteiger partial charge in [-0.15, -0.1) is 0 Å². The highest BCUT2D eigenvalue weighted by Crippen LogP contribution is 2.31. The van der Waals surface area contributed by atoms with Gasteiger partial charge in [-0.2, -0.15) is 5.26 Å². The van der Waals surface area contributed by atoms with Crippen LogP contribution in [0.4, 0.5) is 0 Å². The summed E-state index contributed by atoms with van der Waals surface area (Å²) in [6.07, 6.45) is 3.95. The van der Waals surface area contributed by atoms with Gasteiger partial charge in [0.1, 0.15) is 11.8 Å². The average Bonchev–Trinajstić information content (AvgIpc) is 2.76. The van der Waals surface area contributed by atoms with Gasteiger partial charge in [-0.05, 0) is 60.8 Å². The number of pyridine rings is 1. The Kier molecular flexibility index (Phi) is 8.03. The monoisotopic (exact) mass is 415 g/mol. The summed E-state index contributed by atoms with van der Waals surface area (Å²) in [5, 5.41) is 11.3. The van der Waals surface area contributed by atoms with Gasteiger partial charge in [0.05, 0.1) is 5.56 Å². The van der Waals surface area contributed by atoms with E-state index in [9.17, 15) is 0 Å². The Morgan fingerprint density at radius 3 is 2.19 bits per heavy atom. The molecule has 0 saturated heterocycles. The van der Waals surface area contributed by atoms with Gasteiger partial charge in [-0.1, -0.05) is 58.0 Å². The molecule has 0 amide bonds. The van der Waals surface area contributed by atoms with Crippen molar-refractivity contribution in [2.24, 2.45) is 11.8 Å². The predicted octanol–water partition coefficient (Wildman–Crippen LogP) is 6.79. The fourth-order valence-electron chi connectivity index (χ4n) is 3.58. The highest BCUT2D eigenvalue weighted by atomic mass is 16.5. The standard InChI is InChI=1S/C27H33N3O/c1-20(2)13-15-30(16-14-21(3)4)19-23-7-5-9-25-24(23)8-6-10-26(25)31-27-12-11-22(17-28)18-29-27/h5-12,18,20-21H,13-16,19H2,1-4H3. The number of ether oxygens (including phenoxy) is 1. The van der Waals surface area contributed by atoms with Crippen LogP contribution in [0.1, 0.15) is 51.7 Å². The molecule has 0 spiro atoms. The van der Waals surface area contributed by atoms with E-state index in [4.69, 9.17) is 10.00 Å². The number of aromatic nitrogens is 1. The van der Waals surface area contributed by atoms with Crippen LogP contribution in [0.2, 0.25) is 0 Å². The van der Waals surface area contributed by atoms with Crippen molar-refractivity contribution >= 4 is 10.8 Å². The van der Waals surface area contributed by atoms with Crippen molar-refractivity contribution in [1.29, 1.82) is 5.26 Å². The highest BCUT2D eigenvalue weighted by Gasteiger charge is 2.12. The minimum Gasteiger partial charge on any atom is -0.438 e. The fourth-order valence-corrected chi connectivity index (χ4v) is 3.58. The number of nitriles is 1. The average molecular weight is 416 g/mol. The van der Waals surface area contributed by atoms with Gasteiger partial charge in [0.25, 0.3) is 0 Å². The van der Waals surface area contributed by atoms with E-state index in [0.717, 1.165) is 30.8 Å². The van der Waals surface area contributed by atoms with E-state index < -0.39 is 0 Å². The molecule has 3 rings (SSSR count). The molecule has 31 heavy (non-hydrogen) atoms. The Balaban J connectivity index is 1.85. The van der Waals surface area contributed by atoms with Crippen LogP contribution in [-0.2, 0) is 6.54 Å². The van der Waals surface area contributed by atoms with E-state index in [1.54, 1.807) is 12.1 Å². The van der Waals surface area contributed by atoms with Crippen LogP contribution in [0.15, 0.2) is 54.7 Å². The zero-order valence-corrected chi connectivity index (χ0v) is 19.1. The lowest BCUT2D eigenvalue weighted by molar-refractivity contribution is 0.236. The smallest absolute Gasteiger partial charge is 0.219 e. The molecule has 162 valence electrons. The largest absolute Gasteiger partial charge is 0.438 e. The van der Waals surface area contributed by atoms with Gasteiger partial charge < -0.3 is 4.74 Å². The lowest BCUT2D eigenvalue weighted by Gasteiger charge is -2.25. The van der Waals surface area contributed by atoms with Crippen LogP contribution in [0, 0.1) is 23.2 Å². The Labute approximate surface area is 186 Å². The molecule has 1 aromatic heterocycles. The Hall–Kier alpha value is -2.90. The number of rotatable bonds is 10. The molecule has 0 aliphatic rings. The van der Waals surface area contributed by atoms with E-state index in [2.05, 4.69) is 67.9 Å². The van der Waals surface area contributed by atoms with Gasteiger partial charge in [0, 0.05) is 24.2 Å². The van der Waals surface area contributed by atoms with Crippen LogP contribution in [0.3, 0.4) is 0 Å². The van der Waals surface area contributed by atoms with E-state index in [1.807, 2.05) is 12.1 Å². The minimum absolute atomic E-state index is 0.493. The van der Waals surface area contributed by atoms with Gasteiger partial charge >= 0.3 is 0 Å². The van der Waals surface area contributed by atoms with Gasteiger partial charge in [0.15, 0.2) is 0 Å². The van der Waals surface area contributed by atoms with Crippen LogP contribution < -0.4 is 4.74 Å². The Morgan fingerprint density at radius 2 is 1.58 bits per heavy atom. The number of hydrogen-bond donors (Lipinski definition) is 0. The number of benzene rings is 2. The van der Waals surface area contributed by atoms with Gasteiger partial charge in [-0.3, -0.25) is 4.90 Å². The first-order valence-electron chi connectivity index (χ1n) is 11.2. The van der Waals surface area contributed by atoms with Crippen molar-refractivity contribution in [3.05, 3.63) is 65.9 Å². The van der Waals surface area contributed by atoms with Crippen LogP contribution >= 0.6 is 0 Å². The molecule has 0 atom stereocenters. The molecule has 0 N–H and O–H groups in total. The maximum atomic E-state index is 8.96. The van der Waals surface area contributed by atoms with Crippen LogP contribution in [-0.4, -0.2) is 23.0 Å². The van der Waals surface area contributed by atoms with Crippen molar-refractivity contribution in [2.75, 3.05) is 13.1 Å². The quantitative estimate of drug-likeness (QED) is 0.366. The maximum absolute atomic E-state index is 8.96. The van der Waals surface area contributed by atoms with Crippen molar-refractivity contribution < 1.29 is 4.74 Å². The van der Waals surface area contributed by atoms with E-state index in [0.29, 0.717) is 23.3 Å². The molecule has 4 nitrogen and oxygen atoms in total. The van der Waals surface area contributed by atoms with Gasteiger partial charge in [0.2, 0.25) is 5.88 Å². The SMILES string of the molecule is CC(C)CCN(CCC(C)C)Cc1cccc2c(Oc3ccc(C#N)cn3)cccc12. The maximum Gasteiger partial charge on any atom is 0.219 e. The van der Waals surface area contributed by atoms with Gasteiger partial charge in [-0.25, -0.2) is 4.98 Å². The lowest BCUT2D eigenvalue weighted by Crippen LogP contribution is -2.27. The summed E-state index contributed by atoms with van der Waals surface area (Å²) in [6, 6.07) is 18.2. The Bertz CT molecular complexity index is 1010. The summed E-state index contributed by atoms with van der Waals surface area (Å²) in [4.78, 5) is 6.84. The molecular weight excluding hydrogens is 382 g/mol. The zero-order chi connectivity index (χ0) is 22.2. The van der Waals surface area contributed by atoms with Crippen LogP contribution in [0.5, 0.6) is 11.6 Å². The summed E-state index contributed by atoms with van der Waals surface area (Å²) < 4.78 is 6.07. The second-order valence-electron chi connectivity index (χ2n) is 9.01. The zero-order valence-electron chi connectivity index (χ0n) is 19.1. The molecule has 0 radical (unpaired) electrons. The predicted molar refractivity (Wildman–Crippen MR) is 127 cm³/mol.